The Balaban J connectivity index is 1.99. The highest BCUT2D eigenvalue weighted by atomic mass is 32.1. The second-order valence-electron chi connectivity index (χ2n) is 5.97. The Morgan fingerprint density at radius 3 is 2.62 bits per heavy atom. The van der Waals surface area contributed by atoms with Crippen LogP contribution in [0.4, 0.5) is 4.39 Å². The van der Waals surface area contributed by atoms with Crippen LogP contribution in [-0.4, -0.2) is 10.9 Å². The van der Waals surface area contributed by atoms with Crippen LogP contribution in [0, 0.1) is 11.2 Å². The number of carbonyl (C=O) groups is 1. The number of hydrogen-bond acceptors (Lipinski definition) is 2. The number of nitrogens with one attached hydrogen (secondary N) is 1. The van der Waals surface area contributed by atoms with Gasteiger partial charge >= 0.3 is 0 Å². The van der Waals surface area contributed by atoms with Crippen molar-refractivity contribution in [3.63, 3.8) is 0 Å². The first kappa shape index (κ1) is 15.9. The van der Waals surface area contributed by atoms with Crippen LogP contribution in [0.15, 0.2) is 18.2 Å². The van der Waals surface area contributed by atoms with Crippen LogP contribution < -0.4 is 11.1 Å². The Labute approximate surface area is 130 Å². The smallest absolute Gasteiger partial charge is 0.226 e. The van der Waals surface area contributed by atoms with Crippen molar-refractivity contribution in [2.75, 3.05) is 0 Å². The van der Waals surface area contributed by atoms with E-state index < -0.39 is 5.82 Å². The molecule has 1 aromatic rings. The fraction of sp³-hybridized carbons (Fsp3) is 0.500. The zero-order valence-electron chi connectivity index (χ0n) is 12.2. The van der Waals surface area contributed by atoms with E-state index in [1.807, 2.05) is 6.92 Å². The van der Waals surface area contributed by atoms with Gasteiger partial charge in [-0.3, -0.25) is 4.79 Å². The second-order valence-corrected chi connectivity index (χ2v) is 6.41. The van der Waals surface area contributed by atoms with Gasteiger partial charge < -0.3 is 11.1 Å². The SMILES string of the molecule is CC1(C(=O)NCc2ccc(C(N)=S)cc2F)CCCCC1. The molecule has 1 saturated carbocycles. The van der Waals surface area contributed by atoms with E-state index in [2.05, 4.69) is 5.32 Å². The van der Waals surface area contributed by atoms with E-state index >= 15 is 0 Å². The van der Waals surface area contributed by atoms with Crippen LogP contribution >= 0.6 is 12.2 Å². The zero-order chi connectivity index (χ0) is 15.5. The fourth-order valence-electron chi connectivity index (χ4n) is 2.79. The molecule has 1 aromatic carbocycles. The van der Waals surface area contributed by atoms with Crippen LogP contribution in [0.5, 0.6) is 0 Å². The average molecular weight is 308 g/mol. The summed E-state index contributed by atoms with van der Waals surface area (Å²) < 4.78 is 13.9. The number of benzene rings is 1. The highest BCUT2D eigenvalue weighted by molar-refractivity contribution is 7.80. The predicted octanol–water partition coefficient (Wildman–Crippen LogP) is 3.05. The van der Waals surface area contributed by atoms with Gasteiger partial charge in [0.25, 0.3) is 0 Å². The quantitative estimate of drug-likeness (QED) is 0.841. The topological polar surface area (TPSA) is 55.1 Å². The molecule has 1 amide bonds. The monoisotopic (exact) mass is 308 g/mol. The molecule has 0 aromatic heterocycles. The normalized spacial score (nSPS) is 17.2. The largest absolute Gasteiger partial charge is 0.389 e. The fourth-order valence-corrected chi connectivity index (χ4v) is 2.92. The van der Waals surface area contributed by atoms with Crippen molar-refractivity contribution in [2.24, 2.45) is 11.1 Å². The zero-order valence-corrected chi connectivity index (χ0v) is 13.1. The summed E-state index contributed by atoms with van der Waals surface area (Å²) in [4.78, 5) is 12.5. The van der Waals surface area contributed by atoms with Gasteiger partial charge in [-0.05, 0) is 18.9 Å². The Kier molecular flexibility index (Phi) is 4.93. The highest BCUT2D eigenvalue weighted by Crippen LogP contribution is 2.35. The van der Waals surface area contributed by atoms with Crippen LogP contribution in [0.1, 0.15) is 50.2 Å². The van der Waals surface area contributed by atoms with Crippen molar-refractivity contribution in [2.45, 2.75) is 45.6 Å². The average Bonchev–Trinajstić information content (AvgIpc) is 2.46. The van der Waals surface area contributed by atoms with Crippen LogP contribution in [0.3, 0.4) is 0 Å². The number of halogens is 1. The van der Waals surface area contributed by atoms with E-state index in [0.29, 0.717) is 11.1 Å². The van der Waals surface area contributed by atoms with Gasteiger partial charge in [0.2, 0.25) is 5.91 Å². The van der Waals surface area contributed by atoms with Gasteiger partial charge in [-0.25, -0.2) is 4.39 Å². The van der Waals surface area contributed by atoms with Crippen molar-refractivity contribution in [1.29, 1.82) is 0 Å². The van der Waals surface area contributed by atoms with Gasteiger partial charge in [0.05, 0.1) is 0 Å². The maximum Gasteiger partial charge on any atom is 0.226 e. The molecule has 114 valence electrons. The third-order valence-electron chi connectivity index (χ3n) is 4.28. The summed E-state index contributed by atoms with van der Waals surface area (Å²) in [7, 11) is 0. The summed E-state index contributed by atoms with van der Waals surface area (Å²) in [5.41, 5.74) is 6.10. The van der Waals surface area contributed by atoms with Crippen LogP contribution in [0.2, 0.25) is 0 Å². The van der Waals surface area contributed by atoms with E-state index in [9.17, 15) is 9.18 Å². The molecule has 0 unspecified atom stereocenters. The third-order valence-corrected chi connectivity index (χ3v) is 4.52. The predicted molar refractivity (Wildman–Crippen MR) is 85.3 cm³/mol. The van der Waals surface area contributed by atoms with Gasteiger partial charge in [0.15, 0.2) is 0 Å². The number of amides is 1. The molecule has 0 atom stereocenters. The lowest BCUT2D eigenvalue weighted by Gasteiger charge is -2.32. The van der Waals surface area contributed by atoms with E-state index in [0.717, 1.165) is 25.7 Å². The van der Waals surface area contributed by atoms with E-state index in [1.165, 1.54) is 12.5 Å². The number of carbonyl (C=O) groups excluding carboxylic acids is 1. The Bertz CT molecular complexity index is 553. The van der Waals surface area contributed by atoms with Crippen molar-refractivity contribution >= 4 is 23.1 Å². The summed E-state index contributed by atoms with van der Waals surface area (Å²) >= 11 is 4.81. The molecule has 5 heteroatoms. The molecule has 0 radical (unpaired) electrons. The molecule has 0 spiro atoms. The van der Waals surface area contributed by atoms with E-state index in [1.54, 1.807) is 12.1 Å². The molecule has 21 heavy (non-hydrogen) atoms. The van der Waals surface area contributed by atoms with Gasteiger partial charge in [-0.1, -0.05) is 50.5 Å². The minimum Gasteiger partial charge on any atom is -0.389 e. The van der Waals surface area contributed by atoms with Crippen molar-refractivity contribution in [3.05, 3.63) is 35.1 Å². The van der Waals surface area contributed by atoms with Crippen molar-refractivity contribution in [3.8, 4) is 0 Å². The minimum atomic E-state index is -0.394. The number of rotatable bonds is 4. The molecule has 1 aliphatic rings. The summed E-state index contributed by atoms with van der Waals surface area (Å²) in [6, 6.07) is 4.61. The lowest BCUT2D eigenvalue weighted by Crippen LogP contribution is -2.40. The molecule has 3 N–H and O–H groups in total. The molecule has 2 rings (SSSR count). The summed E-state index contributed by atoms with van der Waals surface area (Å²) in [6.45, 7) is 2.19. The Morgan fingerprint density at radius 1 is 1.38 bits per heavy atom. The molecule has 0 heterocycles. The molecule has 3 nitrogen and oxygen atoms in total. The van der Waals surface area contributed by atoms with Gasteiger partial charge in [0.1, 0.15) is 10.8 Å². The summed E-state index contributed by atoms with van der Waals surface area (Å²) in [5.74, 6) is -0.380. The highest BCUT2D eigenvalue weighted by Gasteiger charge is 2.34. The molecular weight excluding hydrogens is 287 g/mol. The van der Waals surface area contributed by atoms with E-state index in [-0.39, 0.29) is 22.9 Å². The molecule has 0 aliphatic heterocycles. The number of nitrogens with two attached hydrogens (primary N) is 1. The van der Waals surface area contributed by atoms with Gasteiger partial charge in [-0.15, -0.1) is 0 Å². The Hall–Kier alpha value is -1.49. The minimum absolute atomic E-state index is 0.0139. The maximum absolute atomic E-state index is 13.9. The first-order valence-electron chi connectivity index (χ1n) is 7.29. The lowest BCUT2D eigenvalue weighted by atomic mass is 9.75. The molecule has 1 aliphatic carbocycles. The third kappa shape index (κ3) is 3.79. The van der Waals surface area contributed by atoms with Crippen molar-refractivity contribution in [1.82, 2.24) is 5.32 Å². The molecule has 0 bridgehead atoms. The maximum atomic E-state index is 13.9. The van der Waals surface area contributed by atoms with Crippen molar-refractivity contribution < 1.29 is 9.18 Å². The lowest BCUT2D eigenvalue weighted by molar-refractivity contribution is -0.132. The van der Waals surface area contributed by atoms with Crippen LogP contribution in [-0.2, 0) is 11.3 Å². The van der Waals surface area contributed by atoms with Crippen LogP contribution in [0.25, 0.3) is 0 Å². The standard InChI is InChI=1S/C16H21FN2OS/c1-16(7-3-2-4-8-16)15(20)19-10-12-6-5-11(14(18)21)9-13(12)17/h5-6,9H,2-4,7-8,10H2,1H3,(H2,18,21)(H,19,20). The second kappa shape index (κ2) is 6.52. The molecule has 0 saturated heterocycles. The summed E-state index contributed by atoms with van der Waals surface area (Å²) in [6.07, 6.45) is 5.17. The first-order chi connectivity index (χ1) is 9.92. The number of thiocarbonyl (C=S) groups is 1. The first-order valence-corrected chi connectivity index (χ1v) is 7.70. The molecule has 1 fully saturated rings. The van der Waals surface area contributed by atoms with E-state index in [4.69, 9.17) is 18.0 Å². The summed E-state index contributed by atoms with van der Waals surface area (Å²) in [5, 5.41) is 2.86. The number of hydrogen-bond donors (Lipinski definition) is 2. The van der Waals surface area contributed by atoms with Gasteiger partial charge in [0, 0.05) is 23.1 Å². The van der Waals surface area contributed by atoms with Gasteiger partial charge in [-0.2, -0.15) is 0 Å². The Morgan fingerprint density at radius 2 is 2.05 bits per heavy atom. The molecular formula is C16H21FN2OS.